The molecule has 3 unspecified atom stereocenters. The van der Waals surface area contributed by atoms with Gasteiger partial charge in [0.25, 0.3) is 0 Å². The molecule has 0 aliphatic carbocycles. The Labute approximate surface area is 107 Å². The summed E-state index contributed by atoms with van der Waals surface area (Å²) in [5.41, 5.74) is -0.136. The van der Waals surface area contributed by atoms with E-state index in [1.54, 1.807) is 0 Å². The molecule has 0 radical (unpaired) electrons. The number of hydrogen-bond donors (Lipinski definition) is 2. The lowest BCUT2D eigenvalue weighted by Gasteiger charge is -2.33. The molecule has 2 N–H and O–H groups in total. The van der Waals surface area contributed by atoms with Crippen molar-refractivity contribution in [2.24, 2.45) is 11.8 Å². The predicted octanol–water partition coefficient (Wildman–Crippen LogP) is 1.71. The Balaban J connectivity index is 2.38. The third kappa shape index (κ3) is 4.57. The molecule has 102 valence electrons. The Bertz CT molecular complexity index is 222. The Morgan fingerprint density at radius 2 is 1.82 bits per heavy atom. The maximum atomic E-state index is 9.53. The molecule has 0 saturated carbocycles. The van der Waals surface area contributed by atoms with Gasteiger partial charge in [0, 0.05) is 24.7 Å². The normalized spacial score (nSPS) is 29.8. The fraction of sp³-hybridized carbons (Fsp3) is 1.00. The van der Waals surface area contributed by atoms with Crippen LogP contribution in [0.2, 0.25) is 0 Å². The van der Waals surface area contributed by atoms with Crippen LogP contribution >= 0.6 is 0 Å². The quantitative estimate of drug-likeness (QED) is 0.744. The second-order valence-electron chi connectivity index (χ2n) is 6.48. The zero-order chi connectivity index (χ0) is 13.1. The molecule has 1 saturated heterocycles. The summed E-state index contributed by atoms with van der Waals surface area (Å²) in [6, 6.07) is 0.420. The van der Waals surface area contributed by atoms with Crippen LogP contribution in [0, 0.1) is 11.8 Å². The molecule has 0 aromatic carbocycles. The largest absolute Gasteiger partial charge is 0.394 e. The zero-order valence-corrected chi connectivity index (χ0v) is 12.2. The standard InChI is InChI=1S/C14H30N2O/c1-11(2)15-14(5,10-17)6-7-16-8-12(3)13(4)9-16/h11-13,15,17H,6-10H2,1-5H3. The van der Waals surface area contributed by atoms with Crippen molar-refractivity contribution in [2.45, 2.75) is 52.6 Å². The van der Waals surface area contributed by atoms with Gasteiger partial charge < -0.3 is 15.3 Å². The minimum Gasteiger partial charge on any atom is -0.394 e. The van der Waals surface area contributed by atoms with Gasteiger partial charge in [-0.15, -0.1) is 0 Å². The second-order valence-corrected chi connectivity index (χ2v) is 6.48. The van der Waals surface area contributed by atoms with E-state index in [1.165, 1.54) is 13.1 Å². The summed E-state index contributed by atoms with van der Waals surface area (Å²) in [7, 11) is 0. The second kappa shape index (κ2) is 6.17. The Morgan fingerprint density at radius 1 is 1.29 bits per heavy atom. The average Bonchev–Trinajstić information content (AvgIpc) is 2.55. The van der Waals surface area contributed by atoms with E-state index in [0.717, 1.165) is 24.8 Å². The van der Waals surface area contributed by atoms with Crippen molar-refractivity contribution >= 4 is 0 Å². The Hall–Kier alpha value is -0.120. The van der Waals surface area contributed by atoms with E-state index in [-0.39, 0.29) is 12.1 Å². The molecule has 0 spiro atoms. The summed E-state index contributed by atoms with van der Waals surface area (Å²) < 4.78 is 0. The first-order valence-corrected chi connectivity index (χ1v) is 6.97. The van der Waals surface area contributed by atoms with Gasteiger partial charge in [0.15, 0.2) is 0 Å². The van der Waals surface area contributed by atoms with Crippen LogP contribution in [0.25, 0.3) is 0 Å². The van der Waals surface area contributed by atoms with Gasteiger partial charge in [0.1, 0.15) is 0 Å². The van der Waals surface area contributed by atoms with Crippen molar-refractivity contribution in [3.05, 3.63) is 0 Å². The summed E-state index contributed by atoms with van der Waals surface area (Å²) in [4.78, 5) is 2.53. The van der Waals surface area contributed by atoms with Crippen LogP contribution in [0.3, 0.4) is 0 Å². The first-order valence-electron chi connectivity index (χ1n) is 6.97. The van der Waals surface area contributed by atoms with Gasteiger partial charge in [-0.3, -0.25) is 0 Å². The number of hydrogen-bond acceptors (Lipinski definition) is 3. The molecule has 3 heteroatoms. The maximum Gasteiger partial charge on any atom is 0.0611 e. The van der Waals surface area contributed by atoms with E-state index < -0.39 is 0 Å². The zero-order valence-electron chi connectivity index (χ0n) is 12.2. The fourth-order valence-corrected chi connectivity index (χ4v) is 2.73. The van der Waals surface area contributed by atoms with Gasteiger partial charge >= 0.3 is 0 Å². The molecule has 0 bridgehead atoms. The predicted molar refractivity (Wildman–Crippen MR) is 73.1 cm³/mol. The third-order valence-corrected chi connectivity index (χ3v) is 4.03. The Kier molecular flexibility index (Phi) is 5.42. The van der Waals surface area contributed by atoms with E-state index in [0.29, 0.717) is 6.04 Å². The first kappa shape index (κ1) is 14.9. The van der Waals surface area contributed by atoms with E-state index in [9.17, 15) is 5.11 Å². The lowest BCUT2D eigenvalue weighted by Crippen LogP contribution is -2.50. The van der Waals surface area contributed by atoms with Gasteiger partial charge in [0.2, 0.25) is 0 Å². The lowest BCUT2D eigenvalue weighted by molar-refractivity contribution is 0.142. The van der Waals surface area contributed by atoms with Crippen molar-refractivity contribution in [3.8, 4) is 0 Å². The molecule has 1 fully saturated rings. The van der Waals surface area contributed by atoms with Gasteiger partial charge in [-0.05, 0) is 31.7 Å². The smallest absolute Gasteiger partial charge is 0.0611 e. The minimum absolute atomic E-state index is 0.136. The molecule has 0 amide bonds. The number of aliphatic hydroxyl groups excluding tert-OH is 1. The molecule has 0 aromatic rings. The van der Waals surface area contributed by atoms with Crippen molar-refractivity contribution in [1.82, 2.24) is 10.2 Å². The Morgan fingerprint density at radius 3 is 2.24 bits per heavy atom. The first-order chi connectivity index (χ1) is 7.86. The van der Waals surface area contributed by atoms with Crippen LogP contribution in [0.1, 0.15) is 41.0 Å². The number of aliphatic hydroxyl groups is 1. The van der Waals surface area contributed by atoms with Crippen molar-refractivity contribution in [3.63, 3.8) is 0 Å². The van der Waals surface area contributed by atoms with Crippen molar-refractivity contribution in [2.75, 3.05) is 26.2 Å². The molecule has 1 heterocycles. The van der Waals surface area contributed by atoms with Crippen LogP contribution in [-0.2, 0) is 0 Å². The monoisotopic (exact) mass is 242 g/mol. The molecule has 3 nitrogen and oxygen atoms in total. The highest BCUT2D eigenvalue weighted by Crippen LogP contribution is 2.23. The topological polar surface area (TPSA) is 35.5 Å². The van der Waals surface area contributed by atoms with Gasteiger partial charge in [-0.1, -0.05) is 27.7 Å². The average molecular weight is 242 g/mol. The summed E-state index contributed by atoms with van der Waals surface area (Å²) >= 11 is 0. The highest BCUT2D eigenvalue weighted by atomic mass is 16.3. The molecule has 1 aliphatic heterocycles. The van der Waals surface area contributed by atoms with Crippen LogP contribution in [0.4, 0.5) is 0 Å². The van der Waals surface area contributed by atoms with Gasteiger partial charge in [-0.25, -0.2) is 0 Å². The maximum absolute atomic E-state index is 9.53. The van der Waals surface area contributed by atoms with Gasteiger partial charge in [0.05, 0.1) is 6.61 Å². The summed E-state index contributed by atoms with van der Waals surface area (Å²) in [6.45, 7) is 14.8. The van der Waals surface area contributed by atoms with E-state index >= 15 is 0 Å². The molecule has 0 aromatic heterocycles. The molecular formula is C14H30N2O. The highest BCUT2D eigenvalue weighted by Gasteiger charge is 2.29. The van der Waals surface area contributed by atoms with Crippen LogP contribution < -0.4 is 5.32 Å². The van der Waals surface area contributed by atoms with Crippen LogP contribution in [0.5, 0.6) is 0 Å². The third-order valence-electron chi connectivity index (χ3n) is 4.03. The van der Waals surface area contributed by atoms with Crippen LogP contribution in [-0.4, -0.2) is 47.8 Å². The van der Waals surface area contributed by atoms with Crippen LogP contribution in [0.15, 0.2) is 0 Å². The van der Waals surface area contributed by atoms with E-state index in [2.05, 4.69) is 44.8 Å². The van der Waals surface area contributed by atoms with Crippen molar-refractivity contribution < 1.29 is 5.11 Å². The molecule has 1 aliphatic rings. The fourth-order valence-electron chi connectivity index (χ4n) is 2.73. The number of likely N-dealkylation sites (tertiary alicyclic amines) is 1. The van der Waals surface area contributed by atoms with Crippen molar-refractivity contribution in [1.29, 1.82) is 0 Å². The number of nitrogens with zero attached hydrogens (tertiary/aromatic N) is 1. The number of nitrogens with one attached hydrogen (secondary N) is 1. The van der Waals surface area contributed by atoms with E-state index in [1.807, 2.05) is 0 Å². The minimum atomic E-state index is -0.136. The molecular weight excluding hydrogens is 212 g/mol. The number of rotatable bonds is 6. The molecule has 1 rings (SSSR count). The highest BCUT2D eigenvalue weighted by molar-refractivity contribution is 4.87. The summed E-state index contributed by atoms with van der Waals surface area (Å²) in [5.74, 6) is 1.63. The van der Waals surface area contributed by atoms with Gasteiger partial charge in [-0.2, -0.15) is 0 Å². The lowest BCUT2D eigenvalue weighted by atomic mass is 9.97. The molecule has 3 atom stereocenters. The SMILES string of the molecule is CC(C)NC(C)(CO)CCN1CC(C)C(C)C1. The molecule has 17 heavy (non-hydrogen) atoms. The summed E-state index contributed by atoms with van der Waals surface area (Å²) in [5, 5.41) is 13.0. The summed E-state index contributed by atoms with van der Waals surface area (Å²) in [6.07, 6.45) is 1.02. The van der Waals surface area contributed by atoms with E-state index in [4.69, 9.17) is 0 Å².